The van der Waals surface area contributed by atoms with Crippen LogP contribution in [0.5, 0.6) is 0 Å². The summed E-state index contributed by atoms with van der Waals surface area (Å²) >= 11 is 0. The van der Waals surface area contributed by atoms with E-state index < -0.39 is 9.84 Å². The zero-order valence-electron chi connectivity index (χ0n) is 13.5. The highest BCUT2D eigenvalue weighted by Crippen LogP contribution is 2.36. The number of rotatable bonds is 4. The average molecular weight is 309 g/mol. The fraction of sp³-hybridized carbons (Fsp3) is 0.647. The molecule has 0 radical (unpaired) electrons. The van der Waals surface area contributed by atoms with Gasteiger partial charge in [0.05, 0.1) is 10.6 Å². The summed E-state index contributed by atoms with van der Waals surface area (Å²) in [5.41, 5.74) is 0.754. The number of anilines is 1. The Morgan fingerprint density at radius 3 is 2.48 bits per heavy atom. The zero-order chi connectivity index (χ0) is 15.6. The van der Waals surface area contributed by atoms with Crippen molar-refractivity contribution in [3.05, 3.63) is 24.3 Å². The number of nitrogens with one attached hydrogen (secondary N) is 1. The van der Waals surface area contributed by atoms with Gasteiger partial charge in [0.1, 0.15) is 0 Å². The third-order valence-corrected chi connectivity index (χ3v) is 5.80. The quantitative estimate of drug-likeness (QED) is 0.915. The smallest absolute Gasteiger partial charge is 0.177 e. The van der Waals surface area contributed by atoms with E-state index in [4.69, 9.17) is 0 Å². The van der Waals surface area contributed by atoms with Crippen molar-refractivity contribution in [2.24, 2.45) is 17.8 Å². The van der Waals surface area contributed by atoms with Gasteiger partial charge in [-0.25, -0.2) is 8.42 Å². The van der Waals surface area contributed by atoms with E-state index in [0.29, 0.717) is 28.7 Å². The summed E-state index contributed by atoms with van der Waals surface area (Å²) in [5.74, 6) is 1.91. The van der Waals surface area contributed by atoms with Crippen LogP contribution in [0, 0.1) is 17.8 Å². The van der Waals surface area contributed by atoms with Gasteiger partial charge >= 0.3 is 0 Å². The minimum Gasteiger partial charge on any atom is -0.381 e. The molecule has 3 unspecified atom stereocenters. The third kappa shape index (κ3) is 4.00. The number of hydrogen-bond acceptors (Lipinski definition) is 3. The van der Waals surface area contributed by atoms with Crippen molar-refractivity contribution in [1.29, 1.82) is 0 Å². The SMILES string of the molecule is CC1CCC(C(C)C)C(Nc2ccccc2S(C)(=O)=O)C1. The topological polar surface area (TPSA) is 46.2 Å². The lowest BCUT2D eigenvalue weighted by molar-refractivity contribution is 0.212. The molecule has 0 aliphatic heterocycles. The maximum atomic E-state index is 11.9. The van der Waals surface area contributed by atoms with E-state index in [1.165, 1.54) is 19.1 Å². The number of sulfone groups is 1. The molecule has 1 aromatic carbocycles. The van der Waals surface area contributed by atoms with Crippen LogP contribution < -0.4 is 5.32 Å². The average Bonchev–Trinajstić information content (AvgIpc) is 2.37. The number of benzene rings is 1. The minimum absolute atomic E-state index is 0.358. The van der Waals surface area contributed by atoms with Gasteiger partial charge in [-0.1, -0.05) is 39.3 Å². The first kappa shape index (κ1) is 16.3. The van der Waals surface area contributed by atoms with Crippen LogP contribution in [0.1, 0.15) is 40.0 Å². The highest BCUT2D eigenvalue weighted by atomic mass is 32.2. The summed E-state index contributed by atoms with van der Waals surface area (Å²) < 4.78 is 23.9. The monoisotopic (exact) mass is 309 g/mol. The predicted octanol–water partition coefficient (Wildman–Crippen LogP) is 3.96. The van der Waals surface area contributed by atoms with Gasteiger partial charge in [0.2, 0.25) is 0 Å². The number of hydrogen-bond donors (Lipinski definition) is 1. The lowest BCUT2D eigenvalue weighted by Crippen LogP contribution is -2.38. The Hall–Kier alpha value is -1.03. The lowest BCUT2D eigenvalue weighted by Gasteiger charge is -2.38. The molecule has 0 aromatic heterocycles. The molecular formula is C17H27NO2S. The van der Waals surface area contributed by atoms with Gasteiger partial charge in [-0.2, -0.15) is 0 Å². The van der Waals surface area contributed by atoms with Crippen LogP contribution in [0.3, 0.4) is 0 Å². The molecule has 1 fully saturated rings. The van der Waals surface area contributed by atoms with Crippen molar-refractivity contribution < 1.29 is 8.42 Å². The van der Waals surface area contributed by atoms with Crippen molar-refractivity contribution >= 4 is 15.5 Å². The van der Waals surface area contributed by atoms with E-state index in [1.807, 2.05) is 12.1 Å². The maximum Gasteiger partial charge on any atom is 0.177 e. The molecule has 1 saturated carbocycles. The van der Waals surface area contributed by atoms with E-state index >= 15 is 0 Å². The van der Waals surface area contributed by atoms with Crippen LogP contribution in [-0.4, -0.2) is 20.7 Å². The Morgan fingerprint density at radius 1 is 1.19 bits per heavy atom. The van der Waals surface area contributed by atoms with Gasteiger partial charge in [-0.3, -0.25) is 0 Å². The van der Waals surface area contributed by atoms with E-state index in [-0.39, 0.29) is 0 Å². The molecule has 1 N–H and O–H groups in total. The fourth-order valence-corrected chi connectivity index (χ4v) is 4.33. The van der Waals surface area contributed by atoms with Crippen LogP contribution in [0.4, 0.5) is 5.69 Å². The summed E-state index contributed by atoms with van der Waals surface area (Å²) in [4.78, 5) is 0.408. The molecule has 0 bridgehead atoms. The molecule has 21 heavy (non-hydrogen) atoms. The molecule has 2 rings (SSSR count). The molecule has 1 aliphatic carbocycles. The summed E-state index contributed by atoms with van der Waals surface area (Å²) in [6, 6.07) is 7.61. The second-order valence-corrected chi connectivity index (χ2v) is 8.83. The molecule has 4 heteroatoms. The molecule has 3 atom stereocenters. The standard InChI is InChI=1S/C17H27NO2S/c1-12(2)14-10-9-13(3)11-16(14)18-15-7-5-6-8-17(15)21(4,19)20/h5-8,12-14,16,18H,9-11H2,1-4H3. The first-order valence-corrected chi connectivity index (χ1v) is 9.73. The van der Waals surface area contributed by atoms with Crippen LogP contribution in [-0.2, 0) is 9.84 Å². The Kier molecular flexibility index (Phi) is 4.97. The summed E-state index contributed by atoms with van der Waals surface area (Å²) in [6.07, 6.45) is 4.88. The Balaban J connectivity index is 2.27. The maximum absolute atomic E-state index is 11.9. The van der Waals surface area contributed by atoms with E-state index in [1.54, 1.807) is 12.1 Å². The Morgan fingerprint density at radius 2 is 1.86 bits per heavy atom. The lowest BCUT2D eigenvalue weighted by atomic mass is 9.74. The van der Waals surface area contributed by atoms with Crippen LogP contribution in [0.25, 0.3) is 0 Å². The minimum atomic E-state index is -3.20. The van der Waals surface area contributed by atoms with Gasteiger partial charge in [0.25, 0.3) is 0 Å². The van der Waals surface area contributed by atoms with Gasteiger partial charge in [-0.05, 0) is 42.7 Å². The van der Waals surface area contributed by atoms with Gasteiger partial charge in [0, 0.05) is 12.3 Å². The van der Waals surface area contributed by atoms with Crippen molar-refractivity contribution in [3.8, 4) is 0 Å². The normalized spacial score (nSPS) is 26.8. The Labute approximate surface area is 129 Å². The van der Waals surface area contributed by atoms with Crippen LogP contribution in [0.2, 0.25) is 0 Å². The first-order valence-electron chi connectivity index (χ1n) is 7.84. The first-order chi connectivity index (χ1) is 9.79. The molecule has 0 spiro atoms. The molecule has 118 valence electrons. The molecule has 3 nitrogen and oxygen atoms in total. The van der Waals surface area contributed by atoms with Crippen molar-refractivity contribution in [1.82, 2.24) is 0 Å². The second-order valence-electron chi connectivity index (χ2n) is 6.85. The predicted molar refractivity (Wildman–Crippen MR) is 88.3 cm³/mol. The van der Waals surface area contributed by atoms with Gasteiger partial charge in [-0.15, -0.1) is 0 Å². The molecule has 0 heterocycles. The van der Waals surface area contributed by atoms with E-state index in [0.717, 1.165) is 12.1 Å². The van der Waals surface area contributed by atoms with Crippen molar-refractivity contribution in [2.45, 2.75) is 51.0 Å². The highest BCUT2D eigenvalue weighted by molar-refractivity contribution is 7.90. The van der Waals surface area contributed by atoms with Crippen molar-refractivity contribution in [3.63, 3.8) is 0 Å². The molecule has 0 amide bonds. The van der Waals surface area contributed by atoms with Crippen molar-refractivity contribution in [2.75, 3.05) is 11.6 Å². The Bertz CT molecular complexity index is 580. The van der Waals surface area contributed by atoms with Gasteiger partial charge < -0.3 is 5.32 Å². The van der Waals surface area contributed by atoms with E-state index in [9.17, 15) is 8.42 Å². The van der Waals surface area contributed by atoms with Crippen LogP contribution in [0.15, 0.2) is 29.2 Å². The summed E-state index contributed by atoms with van der Waals surface area (Å²) in [7, 11) is -3.20. The summed E-state index contributed by atoms with van der Waals surface area (Å²) in [5, 5.41) is 3.54. The number of para-hydroxylation sites is 1. The second kappa shape index (κ2) is 6.39. The zero-order valence-corrected chi connectivity index (χ0v) is 14.3. The third-order valence-electron chi connectivity index (χ3n) is 4.65. The summed E-state index contributed by atoms with van der Waals surface area (Å²) in [6.45, 7) is 6.81. The fourth-order valence-electron chi connectivity index (χ4n) is 3.48. The van der Waals surface area contributed by atoms with Crippen LogP contribution >= 0.6 is 0 Å². The highest BCUT2D eigenvalue weighted by Gasteiger charge is 2.31. The largest absolute Gasteiger partial charge is 0.381 e. The molecule has 1 aliphatic rings. The van der Waals surface area contributed by atoms with Gasteiger partial charge in [0.15, 0.2) is 9.84 Å². The van der Waals surface area contributed by atoms with E-state index in [2.05, 4.69) is 26.1 Å². The molecule has 0 saturated heterocycles. The molecule has 1 aromatic rings. The molecular weight excluding hydrogens is 282 g/mol.